The van der Waals surface area contributed by atoms with Gasteiger partial charge in [-0.05, 0) is 17.7 Å². The lowest BCUT2D eigenvalue weighted by Gasteiger charge is -2.27. The molecule has 2 fully saturated rings. The van der Waals surface area contributed by atoms with E-state index in [0.29, 0.717) is 38.7 Å². The molecule has 2 saturated heterocycles. The van der Waals surface area contributed by atoms with Crippen molar-refractivity contribution < 1.29 is 14.3 Å². The lowest BCUT2D eigenvalue weighted by molar-refractivity contribution is -0.130. The van der Waals surface area contributed by atoms with E-state index >= 15 is 0 Å². The molecule has 0 N–H and O–H groups in total. The van der Waals surface area contributed by atoms with Gasteiger partial charge in [0.15, 0.2) is 0 Å². The summed E-state index contributed by atoms with van der Waals surface area (Å²) in [5, 5.41) is 0. The number of pyridine rings is 1. The van der Waals surface area contributed by atoms with Gasteiger partial charge in [-0.2, -0.15) is 0 Å². The molecule has 0 unspecified atom stereocenters. The summed E-state index contributed by atoms with van der Waals surface area (Å²) in [6, 6.07) is 13.7. The summed E-state index contributed by atoms with van der Waals surface area (Å²) in [5.74, 6) is 1.28. The number of hydrogen-bond donors (Lipinski definition) is 0. The molecule has 0 radical (unpaired) electrons. The number of carbonyl (C=O) groups is 1. The molecule has 1 aromatic heterocycles. The van der Waals surface area contributed by atoms with Crippen molar-refractivity contribution in [3.63, 3.8) is 0 Å². The van der Waals surface area contributed by atoms with Gasteiger partial charge in [0.1, 0.15) is 5.75 Å². The molecule has 5 nitrogen and oxygen atoms in total. The highest BCUT2D eigenvalue weighted by Gasteiger charge is 2.52. The zero-order chi connectivity index (χ0) is 17.1. The van der Waals surface area contributed by atoms with Crippen molar-refractivity contribution >= 4 is 5.91 Å². The molecule has 2 aromatic rings. The van der Waals surface area contributed by atoms with E-state index in [1.54, 1.807) is 12.4 Å². The summed E-state index contributed by atoms with van der Waals surface area (Å²) in [6.45, 7) is 3.35. The average Bonchev–Trinajstić information content (AvgIpc) is 3.19. The molecule has 5 heteroatoms. The van der Waals surface area contributed by atoms with Crippen molar-refractivity contribution in [1.29, 1.82) is 0 Å². The van der Waals surface area contributed by atoms with Crippen molar-refractivity contribution in [3.8, 4) is 5.75 Å². The van der Waals surface area contributed by atoms with Crippen LogP contribution in [0.4, 0.5) is 0 Å². The van der Waals surface area contributed by atoms with E-state index in [2.05, 4.69) is 4.98 Å². The topological polar surface area (TPSA) is 51.7 Å². The fourth-order valence-electron chi connectivity index (χ4n) is 3.77. The van der Waals surface area contributed by atoms with E-state index in [-0.39, 0.29) is 11.3 Å². The lowest BCUT2D eigenvalue weighted by atomic mass is 9.82. The number of rotatable bonds is 5. The van der Waals surface area contributed by atoms with Crippen LogP contribution in [0.1, 0.15) is 5.56 Å². The van der Waals surface area contributed by atoms with Crippen LogP contribution in [-0.4, -0.2) is 48.7 Å². The van der Waals surface area contributed by atoms with Gasteiger partial charge in [-0.15, -0.1) is 0 Å². The number of benzene rings is 1. The molecule has 2 aliphatic heterocycles. The largest absolute Gasteiger partial charge is 0.491 e. The molecule has 0 saturated carbocycles. The monoisotopic (exact) mass is 338 g/mol. The third kappa shape index (κ3) is 3.37. The average molecular weight is 338 g/mol. The van der Waals surface area contributed by atoms with Crippen LogP contribution in [0.2, 0.25) is 0 Å². The highest BCUT2D eigenvalue weighted by molar-refractivity contribution is 5.79. The molecule has 0 aliphatic carbocycles. The molecule has 1 amide bonds. The molecule has 1 aromatic carbocycles. The second-order valence-corrected chi connectivity index (χ2v) is 6.99. The number of carbonyl (C=O) groups excluding carboxylic acids is 1. The first-order valence-electron chi connectivity index (χ1n) is 8.67. The van der Waals surface area contributed by atoms with Gasteiger partial charge in [-0.25, -0.2) is 0 Å². The summed E-state index contributed by atoms with van der Waals surface area (Å²) < 4.78 is 11.7. The number of fused-ring (bicyclic) bond motifs is 1. The van der Waals surface area contributed by atoms with Crippen molar-refractivity contribution in [2.45, 2.75) is 6.42 Å². The van der Waals surface area contributed by atoms with Crippen LogP contribution in [-0.2, 0) is 16.0 Å². The molecule has 2 aliphatic rings. The minimum atomic E-state index is -0.109. The Bertz CT molecular complexity index is 722. The van der Waals surface area contributed by atoms with Crippen LogP contribution in [0, 0.1) is 11.3 Å². The number of hydrogen-bond acceptors (Lipinski definition) is 4. The maximum atomic E-state index is 12.7. The third-order valence-electron chi connectivity index (χ3n) is 5.23. The fourth-order valence-corrected chi connectivity index (χ4v) is 3.77. The Kier molecular flexibility index (Phi) is 4.40. The second-order valence-electron chi connectivity index (χ2n) is 6.99. The van der Waals surface area contributed by atoms with Gasteiger partial charge in [-0.1, -0.05) is 30.3 Å². The zero-order valence-corrected chi connectivity index (χ0v) is 14.1. The minimum Gasteiger partial charge on any atom is -0.491 e. The predicted molar refractivity (Wildman–Crippen MR) is 93.2 cm³/mol. The Morgan fingerprint density at radius 2 is 2.16 bits per heavy atom. The Hall–Kier alpha value is -2.40. The summed E-state index contributed by atoms with van der Waals surface area (Å²) in [5.41, 5.74) is 0.948. The maximum absolute atomic E-state index is 12.7. The number of aromatic nitrogens is 1. The van der Waals surface area contributed by atoms with E-state index in [1.165, 1.54) is 0 Å². The molecule has 4 rings (SSSR count). The Balaban J connectivity index is 1.41. The Labute approximate surface area is 147 Å². The standard InChI is InChI=1S/C20H22N2O3/c23-19(9-16-5-2-1-3-6-16)22-11-17-12-24-14-20(17,13-22)15-25-18-7-4-8-21-10-18/h1-8,10,17H,9,11-15H2/t17-,20+/m1/s1. The molecular formula is C20H22N2O3. The van der Waals surface area contributed by atoms with E-state index < -0.39 is 0 Å². The van der Waals surface area contributed by atoms with Crippen LogP contribution in [0.25, 0.3) is 0 Å². The minimum absolute atomic E-state index is 0.109. The molecular weight excluding hydrogens is 316 g/mol. The Morgan fingerprint density at radius 3 is 2.96 bits per heavy atom. The molecule has 2 atom stereocenters. The van der Waals surface area contributed by atoms with Crippen LogP contribution in [0.15, 0.2) is 54.9 Å². The highest BCUT2D eigenvalue weighted by Crippen LogP contribution is 2.41. The Morgan fingerprint density at radius 1 is 1.28 bits per heavy atom. The van der Waals surface area contributed by atoms with Crippen molar-refractivity contribution in [2.24, 2.45) is 11.3 Å². The smallest absolute Gasteiger partial charge is 0.227 e. The summed E-state index contributed by atoms with van der Waals surface area (Å²) in [6.07, 6.45) is 3.90. The van der Waals surface area contributed by atoms with Gasteiger partial charge in [0.25, 0.3) is 0 Å². The fraction of sp³-hybridized carbons (Fsp3) is 0.400. The van der Waals surface area contributed by atoms with Crippen molar-refractivity contribution in [2.75, 3.05) is 32.9 Å². The normalized spacial score (nSPS) is 25.0. The van der Waals surface area contributed by atoms with E-state index in [0.717, 1.165) is 17.9 Å². The van der Waals surface area contributed by atoms with Gasteiger partial charge in [0, 0.05) is 25.2 Å². The second kappa shape index (κ2) is 6.84. The lowest BCUT2D eigenvalue weighted by Crippen LogP contribution is -2.38. The number of ether oxygens (including phenoxy) is 2. The molecule has 0 bridgehead atoms. The molecule has 0 spiro atoms. The van der Waals surface area contributed by atoms with Gasteiger partial charge in [-0.3, -0.25) is 9.78 Å². The number of nitrogens with zero attached hydrogens (tertiary/aromatic N) is 2. The molecule has 25 heavy (non-hydrogen) atoms. The summed E-state index contributed by atoms with van der Waals surface area (Å²) in [7, 11) is 0. The highest BCUT2D eigenvalue weighted by atomic mass is 16.5. The van der Waals surface area contributed by atoms with Gasteiger partial charge in [0.2, 0.25) is 5.91 Å². The first kappa shape index (κ1) is 16.1. The van der Waals surface area contributed by atoms with Crippen molar-refractivity contribution in [1.82, 2.24) is 9.88 Å². The molecule has 3 heterocycles. The SMILES string of the molecule is O=C(Cc1ccccc1)N1C[C@@H]2COC[C@]2(COc2cccnc2)C1. The maximum Gasteiger partial charge on any atom is 0.227 e. The summed E-state index contributed by atoms with van der Waals surface area (Å²) >= 11 is 0. The van der Waals surface area contributed by atoms with E-state index in [1.807, 2.05) is 47.4 Å². The van der Waals surface area contributed by atoms with Gasteiger partial charge >= 0.3 is 0 Å². The third-order valence-corrected chi connectivity index (χ3v) is 5.23. The summed E-state index contributed by atoms with van der Waals surface area (Å²) in [4.78, 5) is 18.8. The van der Waals surface area contributed by atoms with Gasteiger partial charge in [0.05, 0.1) is 37.9 Å². The van der Waals surface area contributed by atoms with Crippen LogP contribution >= 0.6 is 0 Å². The van der Waals surface area contributed by atoms with E-state index in [4.69, 9.17) is 9.47 Å². The number of amides is 1. The first-order valence-corrected chi connectivity index (χ1v) is 8.67. The predicted octanol–water partition coefficient (Wildman–Crippen LogP) is 2.18. The molecule has 130 valence electrons. The zero-order valence-electron chi connectivity index (χ0n) is 14.1. The quantitative estimate of drug-likeness (QED) is 0.838. The first-order chi connectivity index (χ1) is 12.3. The van der Waals surface area contributed by atoms with Crippen LogP contribution < -0.4 is 4.74 Å². The van der Waals surface area contributed by atoms with E-state index in [9.17, 15) is 4.79 Å². The van der Waals surface area contributed by atoms with Crippen LogP contribution in [0.5, 0.6) is 5.75 Å². The number of likely N-dealkylation sites (tertiary alicyclic amines) is 1. The van der Waals surface area contributed by atoms with Crippen LogP contribution in [0.3, 0.4) is 0 Å². The van der Waals surface area contributed by atoms with Gasteiger partial charge < -0.3 is 14.4 Å². The van der Waals surface area contributed by atoms with Crippen molar-refractivity contribution in [3.05, 3.63) is 60.4 Å².